The molecule has 2 atom stereocenters. The molecule has 5 rings (SSSR count). The molecule has 196 valence electrons. The SMILES string of the molecule is COC(=O)C1CCC(c2ccc3cc(CO[Si](c4ccccc4)(c4ccccc4)C(C)(C)C)ccc3n2)C1. The van der Waals surface area contributed by atoms with Gasteiger partial charge in [0.25, 0.3) is 8.32 Å². The van der Waals surface area contributed by atoms with E-state index in [1.165, 1.54) is 17.5 Å². The monoisotopic (exact) mass is 523 g/mol. The molecule has 1 heterocycles. The van der Waals surface area contributed by atoms with Gasteiger partial charge in [0.15, 0.2) is 0 Å². The molecule has 1 fully saturated rings. The summed E-state index contributed by atoms with van der Waals surface area (Å²) in [6, 6.07) is 32.3. The zero-order valence-electron chi connectivity index (χ0n) is 22.8. The summed E-state index contributed by atoms with van der Waals surface area (Å²) in [5.41, 5.74) is 3.20. The first-order valence-corrected chi connectivity index (χ1v) is 15.4. The zero-order chi connectivity index (χ0) is 26.8. The maximum atomic E-state index is 12.0. The smallest absolute Gasteiger partial charge is 0.308 e. The lowest BCUT2D eigenvalue weighted by Crippen LogP contribution is -2.66. The highest BCUT2D eigenvalue weighted by Gasteiger charge is 2.50. The molecule has 4 nitrogen and oxygen atoms in total. The molecule has 38 heavy (non-hydrogen) atoms. The minimum atomic E-state index is -2.60. The van der Waals surface area contributed by atoms with Crippen molar-refractivity contribution in [2.45, 2.75) is 57.6 Å². The number of pyridine rings is 1. The van der Waals surface area contributed by atoms with Gasteiger partial charge in [-0.05, 0) is 58.4 Å². The molecule has 0 bridgehead atoms. The minimum Gasteiger partial charge on any atom is -0.469 e. The van der Waals surface area contributed by atoms with Crippen molar-refractivity contribution >= 4 is 35.6 Å². The largest absolute Gasteiger partial charge is 0.469 e. The molecule has 0 spiro atoms. The molecule has 1 aromatic heterocycles. The van der Waals surface area contributed by atoms with Crippen LogP contribution in [0.3, 0.4) is 0 Å². The second-order valence-corrected chi connectivity index (χ2v) is 15.8. The second kappa shape index (κ2) is 10.8. The molecular formula is C33H37NO3Si. The number of carbonyl (C=O) groups excluding carboxylic acids is 1. The first kappa shape index (κ1) is 26.3. The maximum Gasteiger partial charge on any atom is 0.308 e. The van der Waals surface area contributed by atoms with Crippen LogP contribution in [0.1, 0.15) is 57.2 Å². The van der Waals surface area contributed by atoms with Gasteiger partial charge >= 0.3 is 5.97 Å². The summed E-state index contributed by atoms with van der Waals surface area (Å²) in [4.78, 5) is 16.9. The van der Waals surface area contributed by atoms with Crippen molar-refractivity contribution in [3.05, 3.63) is 102 Å². The van der Waals surface area contributed by atoms with Gasteiger partial charge in [0.2, 0.25) is 0 Å². The molecule has 1 saturated carbocycles. The van der Waals surface area contributed by atoms with E-state index in [2.05, 4.69) is 112 Å². The third-order valence-electron chi connectivity index (χ3n) is 8.03. The number of benzene rings is 3. The Morgan fingerprint density at radius 2 is 1.55 bits per heavy atom. The van der Waals surface area contributed by atoms with Crippen LogP contribution in [0.2, 0.25) is 5.04 Å². The Bertz CT molecular complexity index is 1360. The first-order valence-electron chi connectivity index (χ1n) is 13.5. The van der Waals surface area contributed by atoms with Gasteiger partial charge in [0.1, 0.15) is 0 Å². The lowest BCUT2D eigenvalue weighted by molar-refractivity contribution is -0.145. The van der Waals surface area contributed by atoms with Gasteiger partial charge in [-0.2, -0.15) is 0 Å². The number of aromatic nitrogens is 1. The third kappa shape index (κ3) is 5.05. The summed E-state index contributed by atoms with van der Waals surface area (Å²) in [6.45, 7) is 7.45. The first-order chi connectivity index (χ1) is 18.3. The summed E-state index contributed by atoms with van der Waals surface area (Å²) in [6.07, 6.45) is 2.66. The van der Waals surface area contributed by atoms with Crippen LogP contribution in [0.5, 0.6) is 0 Å². The highest BCUT2D eigenvalue weighted by molar-refractivity contribution is 6.99. The number of hydrogen-bond acceptors (Lipinski definition) is 4. The fraction of sp³-hybridized carbons (Fsp3) is 0.333. The summed E-state index contributed by atoms with van der Waals surface area (Å²) < 4.78 is 12.1. The number of fused-ring (bicyclic) bond motifs is 1. The Kier molecular flexibility index (Phi) is 7.51. The van der Waals surface area contributed by atoms with Crippen LogP contribution < -0.4 is 10.4 Å². The lowest BCUT2D eigenvalue weighted by Gasteiger charge is -2.43. The van der Waals surface area contributed by atoms with Gasteiger partial charge in [-0.3, -0.25) is 9.78 Å². The summed E-state index contributed by atoms with van der Waals surface area (Å²) in [7, 11) is -1.13. The van der Waals surface area contributed by atoms with E-state index in [1.54, 1.807) is 0 Å². The molecule has 2 unspecified atom stereocenters. The van der Waals surface area contributed by atoms with Crippen molar-refractivity contribution in [3.8, 4) is 0 Å². The predicted octanol–water partition coefficient (Wildman–Crippen LogP) is 6.37. The van der Waals surface area contributed by atoms with E-state index in [1.807, 2.05) is 0 Å². The van der Waals surface area contributed by atoms with E-state index in [0.717, 1.165) is 41.4 Å². The third-order valence-corrected chi connectivity index (χ3v) is 13.0. The maximum absolute atomic E-state index is 12.0. The summed E-state index contributed by atoms with van der Waals surface area (Å²) in [5, 5.41) is 3.62. The molecule has 0 radical (unpaired) electrons. The van der Waals surface area contributed by atoms with Gasteiger partial charge in [0, 0.05) is 17.0 Å². The summed E-state index contributed by atoms with van der Waals surface area (Å²) >= 11 is 0. The standard InChI is InChI=1S/C33H37NO3Si/c1-33(2,3)38(28-11-7-5-8-12-28,29-13-9-6-10-14-29)37-23-24-15-19-30-25(21-24)18-20-31(34-30)26-16-17-27(22-26)32(35)36-4/h5-15,18-21,26-27H,16-17,22-23H2,1-4H3. The fourth-order valence-electron chi connectivity index (χ4n) is 6.09. The predicted molar refractivity (Wildman–Crippen MR) is 156 cm³/mol. The van der Waals surface area contributed by atoms with E-state index in [0.29, 0.717) is 12.5 Å². The Labute approximate surface area is 227 Å². The number of ether oxygens (including phenoxy) is 1. The van der Waals surface area contributed by atoms with Gasteiger partial charge < -0.3 is 9.16 Å². The molecule has 0 amide bonds. The van der Waals surface area contributed by atoms with Gasteiger partial charge in [-0.15, -0.1) is 0 Å². The molecule has 0 saturated heterocycles. The quantitative estimate of drug-likeness (QED) is 0.209. The van der Waals surface area contributed by atoms with Crippen molar-refractivity contribution in [1.29, 1.82) is 0 Å². The van der Waals surface area contributed by atoms with E-state index in [9.17, 15) is 4.79 Å². The van der Waals surface area contributed by atoms with Crippen LogP contribution in [0, 0.1) is 5.92 Å². The Morgan fingerprint density at radius 3 is 2.16 bits per heavy atom. The average Bonchev–Trinajstić information content (AvgIpc) is 3.43. The second-order valence-electron chi connectivity index (χ2n) is 11.4. The molecule has 3 aromatic carbocycles. The highest BCUT2D eigenvalue weighted by atomic mass is 28.4. The molecule has 0 N–H and O–H groups in total. The van der Waals surface area contributed by atoms with E-state index < -0.39 is 8.32 Å². The number of hydrogen-bond donors (Lipinski definition) is 0. The Hall–Kier alpha value is -3.28. The summed E-state index contributed by atoms with van der Waals surface area (Å²) in [5.74, 6) is 0.198. The van der Waals surface area contributed by atoms with Gasteiger partial charge in [-0.1, -0.05) is 93.6 Å². The van der Waals surface area contributed by atoms with Crippen molar-refractivity contribution in [2.24, 2.45) is 5.92 Å². The van der Waals surface area contributed by atoms with Crippen molar-refractivity contribution in [2.75, 3.05) is 7.11 Å². The molecular weight excluding hydrogens is 486 g/mol. The minimum absolute atomic E-state index is 0.0106. The highest BCUT2D eigenvalue weighted by Crippen LogP contribution is 2.39. The van der Waals surface area contributed by atoms with Crippen LogP contribution >= 0.6 is 0 Å². The van der Waals surface area contributed by atoms with Crippen LogP contribution in [0.25, 0.3) is 10.9 Å². The number of rotatable bonds is 7. The Morgan fingerprint density at radius 1 is 0.895 bits per heavy atom. The molecule has 5 heteroatoms. The zero-order valence-corrected chi connectivity index (χ0v) is 23.8. The lowest BCUT2D eigenvalue weighted by atomic mass is 10.00. The number of methoxy groups -OCH3 is 1. The molecule has 0 aliphatic heterocycles. The average molecular weight is 524 g/mol. The number of nitrogens with zero attached hydrogens (tertiary/aromatic N) is 1. The normalized spacial score (nSPS) is 18.0. The fourth-order valence-corrected chi connectivity index (χ4v) is 10.6. The topological polar surface area (TPSA) is 48.4 Å². The van der Waals surface area contributed by atoms with Crippen LogP contribution in [-0.2, 0) is 20.6 Å². The Balaban J connectivity index is 1.42. The van der Waals surface area contributed by atoms with Crippen molar-refractivity contribution < 1.29 is 14.0 Å². The van der Waals surface area contributed by atoms with Gasteiger partial charge in [0.05, 0.1) is 25.2 Å². The van der Waals surface area contributed by atoms with Crippen LogP contribution in [0.4, 0.5) is 0 Å². The van der Waals surface area contributed by atoms with Crippen LogP contribution in [-0.4, -0.2) is 26.4 Å². The molecule has 1 aliphatic carbocycles. The van der Waals surface area contributed by atoms with E-state index in [-0.39, 0.29) is 16.9 Å². The van der Waals surface area contributed by atoms with Gasteiger partial charge in [-0.25, -0.2) is 0 Å². The van der Waals surface area contributed by atoms with Crippen molar-refractivity contribution in [3.63, 3.8) is 0 Å². The number of esters is 1. The van der Waals surface area contributed by atoms with E-state index in [4.69, 9.17) is 14.1 Å². The van der Waals surface area contributed by atoms with E-state index >= 15 is 0 Å². The van der Waals surface area contributed by atoms with Crippen molar-refractivity contribution in [1.82, 2.24) is 4.98 Å². The number of carbonyl (C=O) groups is 1. The molecule has 4 aromatic rings. The van der Waals surface area contributed by atoms with Crippen LogP contribution in [0.15, 0.2) is 91.0 Å². The molecule has 1 aliphatic rings.